The fourth-order valence-corrected chi connectivity index (χ4v) is 2.41. The molecule has 1 aromatic heterocycles. The highest BCUT2D eigenvalue weighted by molar-refractivity contribution is 5.67. The van der Waals surface area contributed by atoms with Gasteiger partial charge in [0.25, 0.3) is 0 Å². The van der Waals surface area contributed by atoms with Crippen molar-refractivity contribution in [1.29, 1.82) is 0 Å². The number of phenols is 1. The van der Waals surface area contributed by atoms with E-state index in [9.17, 15) is 5.11 Å². The number of nitrogens with zero attached hydrogens (tertiary/aromatic N) is 3. The van der Waals surface area contributed by atoms with E-state index >= 15 is 0 Å². The molecule has 0 fully saturated rings. The monoisotopic (exact) mass is 265 g/mol. The van der Waals surface area contributed by atoms with Crippen LogP contribution in [-0.4, -0.2) is 19.9 Å². The number of hydrogen-bond acceptors (Lipinski definition) is 4. The molecule has 0 saturated heterocycles. The molecule has 0 atom stereocenters. The van der Waals surface area contributed by atoms with Gasteiger partial charge in [0.05, 0.1) is 11.3 Å². The summed E-state index contributed by atoms with van der Waals surface area (Å²) in [5.74, 6) is 2.32. The summed E-state index contributed by atoms with van der Waals surface area (Å²) in [6.07, 6.45) is 0. The SMILES string of the molecule is Oc1ccccc1-c1nnc2n1-c1ccccc1OC2. The molecular weight excluding hydrogens is 254 g/mol. The third-order valence-corrected chi connectivity index (χ3v) is 3.34. The second kappa shape index (κ2) is 4.09. The van der Waals surface area contributed by atoms with Crippen LogP contribution in [0.2, 0.25) is 0 Å². The summed E-state index contributed by atoms with van der Waals surface area (Å²) in [5.41, 5.74) is 1.54. The lowest BCUT2D eigenvalue weighted by Gasteiger charge is -2.20. The van der Waals surface area contributed by atoms with Crippen molar-refractivity contribution < 1.29 is 9.84 Å². The number of hydrogen-bond donors (Lipinski definition) is 1. The Kier molecular flexibility index (Phi) is 2.26. The van der Waals surface area contributed by atoms with Crippen LogP contribution in [-0.2, 0) is 6.61 Å². The van der Waals surface area contributed by atoms with Crippen molar-refractivity contribution in [3.8, 4) is 28.6 Å². The number of rotatable bonds is 1. The number of para-hydroxylation sites is 3. The van der Waals surface area contributed by atoms with Gasteiger partial charge in [0.2, 0.25) is 0 Å². The molecule has 2 heterocycles. The fraction of sp³-hybridized carbons (Fsp3) is 0.0667. The lowest BCUT2D eigenvalue weighted by atomic mass is 10.1. The van der Waals surface area contributed by atoms with Crippen LogP contribution in [0.5, 0.6) is 11.5 Å². The number of aromatic nitrogens is 3. The molecule has 0 unspecified atom stereocenters. The average Bonchev–Trinajstić information content (AvgIpc) is 2.92. The average molecular weight is 265 g/mol. The smallest absolute Gasteiger partial charge is 0.176 e. The van der Waals surface area contributed by atoms with Gasteiger partial charge in [0.15, 0.2) is 11.6 Å². The molecular formula is C15H11N3O2. The third kappa shape index (κ3) is 1.50. The summed E-state index contributed by atoms with van der Waals surface area (Å²) in [6.45, 7) is 0.373. The summed E-state index contributed by atoms with van der Waals surface area (Å²) < 4.78 is 7.57. The van der Waals surface area contributed by atoms with Crippen LogP contribution in [0.3, 0.4) is 0 Å². The lowest BCUT2D eigenvalue weighted by Crippen LogP contribution is -2.13. The van der Waals surface area contributed by atoms with E-state index in [1.54, 1.807) is 12.1 Å². The molecule has 0 bridgehead atoms. The van der Waals surface area contributed by atoms with Gasteiger partial charge in [-0.3, -0.25) is 4.57 Å². The van der Waals surface area contributed by atoms with Gasteiger partial charge in [-0.05, 0) is 24.3 Å². The van der Waals surface area contributed by atoms with Gasteiger partial charge in [-0.2, -0.15) is 0 Å². The molecule has 0 aliphatic carbocycles. The van der Waals surface area contributed by atoms with E-state index < -0.39 is 0 Å². The van der Waals surface area contributed by atoms with Gasteiger partial charge >= 0.3 is 0 Å². The van der Waals surface area contributed by atoms with Crippen molar-refractivity contribution in [3.05, 3.63) is 54.4 Å². The highest BCUT2D eigenvalue weighted by Crippen LogP contribution is 2.35. The largest absolute Gasteiger partial charge is 0.507 e. The Hall–Kier alpha value is -2.82. The summed E-state index contributed by atoms with van der Waals surface area (Å²) in [7, 11) is 0. The van der Waals surface area contributed by atoms with E-state index in [-0.39, 0.29) is 5.75 Å². The molecule has 2 aromatic carbocycles. The van der Waals surface area contributed by atoms with E-state index in [0.717, 1.165) is 17.3 Å². The van der Waals surface area contributed by atoms with E-state index in [0.29, 0.717) is 18.0 Å². The Labute approximate surface area is 115 Å². The first-order valence-corrected chi connectivity index (χ1v) is 6.29. The maximum atomic E-state index is 10.0. The van der Waals surface area contributed by atoms with Crippen molar-refractivity contribution in [1.82, 2.24) is 14.8 Å². The number of ether oxygens (including phenoxy) is 1. The quantitative estimate of drug-likeness (QED) is 0.734. The summed E-state index contributed by atoms with van der Waals surface area (Å²) >= 11 is 0. The lowest BCUT2D eigenvalue weighted by molar-refractivity contribution is 0.279. The first-order valence-electron chi connectivity index (χ1n) is 6.29. The van der Waals surface area contributed by atoms with Crippen LogP contribution >= 0.6 is 0 Å². The summed E-state index contributed by atoms with van der Waals surface area (Å²) in [5, 5.41) is 18.4. The Morgan fingerprint density at radius 2 is 1.80 bits per heavy atom. The molecule has 1 N–H and O–H groups in total. The molecule has 0 radical (unpaired) electrons. The minimum absolute atomic E-state index is 0.187. The third-order valence-electron chi connectivity index (χ3n) is 3.34. The molecule has 5 nitrogen and oxygen atoms in total. The first kappa shape index (κ1) is 11.0. The van der Waals surface area contributed by atoms with Crippen LogP contribution in [0, 0.1) is 0 Å². The van der Waals surface area contributed by atoms with Crippen molar-refractivity contribution in [3.63, 3.8) is 0 Å². The van der Waals surface area contributed by atoms with E-state index in [4.69, 9.17) is 4.74 Å². The second-order valence-corrected chi connectivity index (χ2v) is 4.55. The van der Waals surface area contributed by atoms with Gasteiger partial charge in [0, 0.05) is 0 Å². The van der Waals surface area contributed by atoms with Crippen LogP contribution in [0.15, 0.2) is 48.5 Å². The Morgan fingerprint density at radius 3 is 2.70 bits per heavy atom. The molecule has 0 amide bonds. The normalized spacial score (nSPS) is 12.4. The molecule has 1 aliphatic heterocycles. The van der Waals surface area contributed by atoms with E-state index in [1.165, 1.54) is 0 Å². The molecule has 5 heteroatoms. The zero-order valence-electron chi connectivity index (χ0n) is 10.5. The van der Waals surface area contributed by atoms with Crippen molar-refractivity contribution >= 4 is 0 Å². The number of aromatic hydroxyl groups is 1. The maximum absolute atomic E-state index is 10.0. The molecule has 3 aromatic rings. The zero-order valence-corrected chi connectivity index (χ0v) is 10.5. The molecule has 4 rings (SSSR count). The Balaban J connectivity index is 1.99. The minimum Gasteiger partial charge on any atom is -0.507 e. The standard InChI is InChI=1S/C15H11N3O2/c19-12-7-3-1-5-10(12)15-17-16-14-9-20-13-8-4-2-6-11(13)18(14)15/h1-8,19H,9H2. The van der Waals surface area contributed by atoms with Crippen molar-refractivity contribution in [2.45, 2.75) is 6.61 Å². The van der Waals surface area contributed by atoms with Crippen molar-refractivity contribution in [2.24, 2.45) is 0 Å². The minimum atomic E-state index is 0.187. The van der Waals surface area contributed by atoms with Crippen molar-refractivity contribution in [2.75, 3.05) is 0 Å². The Morgan fingerprint density at radius 1 is 1.00 bits per heavy atom. The van der Waals surface area contributed by atoms with E-state index in [1.807, 2.05) is 41.0 Å². The topological polar surface area (TPSA) is 60.2 Å². The highest BCUT2D eigenvalue weighted by Gasteiger charge is 2.23. The second-order valence-electron chi connectivity index (χ2n) is 4.55. The van der Waals surface area contributed by atoms with Gasteiger partial charge in [-0.15, -0.1) is 10.2 Å². The van der Waals surface area contributed by atoms with Gasteiger partial charge < -0.3 is 9.84 Å². The Bertz CT molecular complexity index is 795. The summed E-state index contributed by atoms with van der Waals surface area (Å²) in [6, 6.07) is 14.8. The van der Waals surface area contributed by atoms with Gasteiger partial charge in [0.1, 0.15) is 18.1 Å². The van der Waals surface area contributed by atoms with Gasteiger partial charge in [-0.1, -0.05) is 24.3 Å². The molecule has 0 saturated carbocycles. The zero-order chi connectivity index (χ0) is 13.5. The highest BCUT2D eigenvalue weighted by atomic mass is 16.5. The molecule has 0 spiro atoms. The number of benzene rings is 2. The van der Waals surface area contributed by atoms with Crippen LogP contribution in [0.1, 0.15) is 5.82 Å². The predicted molar refractivity (Wildman–Crippen MR) is 72.8 cm³/mol. The van der Waals surface area contributed by atoms with Crippen LogP contribution in [0.4, 0.5) is 0 Å². The van der Waals surface area contributed by atoms with Crippen LogP contribution < -0.4 is 4.74 Å². The number of fused-ring (bicyclic) bond motifs is 3. The fourth-order valence-electron chi connectivity index (χ4n) is 2.41. The number of phenolic OH excluding ortho intramolecular Hbond substituents is 1. The maximum Gasteiger partial charge on any atom is 0.176 e. The molecule has 98 valence electrons. The van der Waals surface area contributed by atoms with E-state index in [2.05, 4.69) is 10.2 Å². The predicted octanol–water partition coefficient (Wildman–Crippen LogP) is 2.53. The first-order chi connectivity index (χ1) is 9.84. The molecule has 20 heavy (non-hydrogen) atoms. The molecule has 1 aliphatic rings. The van der Waals surface area contributed by atoms with Gasteiger partial charge in [-0.25, -0.2) is 0 Å². The van der Waals surface area contributed by atoms with Crippen LogP contribution in [0.25, 0.3) is 17.1 Å². The summed E-state index contributed by atoms with van der Waals surface area (Å²) in [4.78, 5) is 0.